The summed E-state index contributed by atoms with van der Waals surface area (Å²) < 4.78 is 4.11. The molecule has 9 heavy (non-hydrogen) atoms. The van der Waals surface area contributed by atoms with Crippen molar-refractivity contribution in [3.8, 4) is 0 Å². The van der Waals surface area contributed by atoms with Gasteiger partial charge in [0, 0.05) is 5.56 Å². The number of hydrogen-bond acceptors (Lipinski definition) is 4. The maximum absolute atomic E-state index is 5.56. The van der Waals surface area contributed by atoms with E-state index in [4.69, 9.17) is 5.73 Å². The van der Waals surface area contributed by atoms with Gasteiger partial charge in [0.2, 0.25) is 0 Å². The third-order valence-electron chi connectivity index (χ3n) is 1.11. The third kappa shape index (κ3) is 1.19. The molecule has 0 fully saturated rings. The molecule has 0 aromatic carbocycles. The van der Waals surface area contributed by atoms with Crippen LogP contribution in [0.1, 0.15) is 5.56 Å². The SMILES string of the molecule is CSc1nsc(N)c1C. The number of nitrogens with zero attached hydrogens (tertiary/aromatic N) is 1. The lowest BCUT2D eigenvalue weighted by molar-refractivity contribution is 1.22. The second-order valence-corrected chi connectivity index (χ2v) is 3.28. The highest BCUT2D eigenvalue weighted by molar-refractivity contribution is 7.98. The zero-order valence-electron chi connectivity index (χ0n) is 5.34. The Morgan fingerprint density at radius 3 is 2.56 bits per heavy atom. The van der Waals surface area contributed by atoms with Crippen LogP contribution in [0.4, 0.5) is 5.00 Å². The number of hydrogen-bond donors (Lipinski definition) is 1. The summed E-state index contributed by atoms with van der Waals surface area (Å²) in [6.45, 7) is 1.99. The van der Waals surface area contributed by atoms with Crippen LogP contribution in [0.3, 0.4) is 0 Å². The van der Waals surface area contributed by atoms with Crippen molar-refractivity contribution in [2.75, 3.05) is 12.0 Å². The van der Waals surface area contributed by atoms with E-state index in [0.717, 1.165) is 15.6 Å². The second kappa shape index (κ2) is 2.58. The standard InChI is InChI=1S/C5H8N2S2/c1-3-4(6)9-7-5(3)8-2/h6H2,1-2H3. The zero-order chi connectivity index (χ0) is 6.85. The molecule has 0 radical (unpaired) electrons. The number of nitrogen functional groups attached to an aromatic ring is 1. The van der Waals surface area contributed by atoms with Crippen LogP contribution in [-0.4, -0.2) is 10.6 Å². The minimum absolute atomic E-state index is 0.833. The maximum Gasteiger partial charge on any atom is 0.115 e. The van der Waals surface area contributed by atoms with Crippen molar-refractivity contribution < 1.29 is 0 Å². The Morgan fingerprint density at radius 2 is 2.33 bits per heavy atom. The fraction of sp³-hybridized carbons (Fsp3) is 0.400. The molecule has 0 spiro atoms. The van der Waals surface area contributed by atoms with Gasteiger partial charge in [0.1, 0.15) is 10.0 Å². The fourth-order valence-corrected chi connectivity index (χ4v) is 1.97. The van der Waals surface area contributed by atoms with Crippen molar-refractivity contribution in [1.29, 1.82) is 0 Å². The number of aromatic nitrogens is 1. The van der Waals surface area contributed by atoms with Crippen LogP contribution in [0.15, 0.2) is 5.03 Å². The van der Waals surface area contributed by atoms with Crippen molar-refractivity contribution in [1.82, 2.24) is 4.37 Å². The summed E-state index contributed by atoms with van der Waals surface area (Å²) >= 11 is 3.00. The van der Waals surface area contributed by atoms with E-state index in [2.05, 4.69) is 4.37 Å². The average molecular weight is 160 g/mol. The summed E-state index contributed by atoms with van der Waals surface area (Å²) in [5.74, 6) is 0. The van der Waals surface area contributed by atoms with Crippen LogP contribution in [-0.2, 0) is 0 Å². The Balaban J connectivity index is 3.04. The first-order valence-electron chi connectivity index (χ1n) is 2.51. The molecular formula is C5H8N2S2. The lowest BCUT2D eigenvalue weighted by atomic mass is 10.4. The van der Waals surface area contributed by atoms with E-state index in [9.17, 15) is 0 Å². The van der Waals surface area contributed by atoms with Gasteiger partial charge in [-0.15, -0.1) is 11.8 Å². The Labute approximate surface area is 62.6 Å². The molecule has 0 aliphatic rings. The van der Waals surface area contributed by atoms with Crippen molar-refractivity contribution >= 4 is 28.3 Å². The van der Waals surface area contributed by atoms with Crippen molar-refractivity contribution in [2.24, 2.45) is 0 Å². The highest BCUT2D eigenvalue weighted by Gasteiger charge is 2.03. The highest BCUT2D eigenvalue weighted by Crippen LogP contribution is 2.26. The van der Waals surface area contributed by atoms with Gasteiger partial charge < -0.3 is 5.73 Å². The Hall–Kier alpha value is -0.220. The van der Waals surface area contributed by atoms with E-state index in [1.807, 2.05) is 13.2 Å². The molecule has 50 valence electrons. The maximum atomic E-state index is 5.56. The van der Waals surface area contributed by atoms with Crippen LogP contribution in [0.25, 0.3) is 0 Å². The molecule has 0 saturated heterocycles. The summed E-state index contributed by atoms with van der Waals surface area (Å²) in [6.07, 6.45) is 2.00. The molecule has 1 aromatic heterocycles. The molecule has 0 unspecified atom stereocenters. The second-order valence-electron chi connectivity index (χ2n) is 1.68. The molecule has 0 aliphatic carbocycles. The van der Waals surface area contributed by atoms with Gasteiger partial charge in [0.25, 0.3) is 0 Å². The summed E-state index contributed by atoms with van der Waals surface area (Å²) in [6, 6.07) is 0. The molecule has 4 heteroatoms. The predicted octanol–water partition coefficient (Wildman–Crippen LogP) is 1.76. The molecule has 0 amide bonds. The molecule has 0 bridgehead atoms. The van der Waals surface area contributed by atoms with Crippen LogP contribution in [0.5, 0.6) is 0 Å². The molecule has 2 N–H and O–H groups in total. The summed E-state index contributed by atoms with van der Waals surface area (Å²) in [7, 11) is 0. The summed E-state index contributed by atoms with van der Waals surface area (Å²) in [5.41, 5.74) is 6.68. The average Bonchev–Trinajstić information content (AvgIpc) is 2.15. The van der Waals surface area contributed by atoms with E-state index in [1.165, 1.54) is 11.5 Å². The monoisotopic (exact) mass is 160 g/mol. The minimum Gasteiger partial charge on any atom is -0.389 e. The Morgan fingerprint density at radius 1 is 1.67 bits per heavy atom. The van der Waals surface area contributed by atoms with E-state index < -0.39 is 0 Å². The first-order valence-corrected chi connectivity index (χ1v) is 4.51. The van der Waals surface area contributed by atoms with Crippen LogP contribution in [0.2, 0.25) is 0 Å². The summed E-state index contributed by atoms with van der Waals surface area (Å²) in [5, 5.41) is 1.89. The number of nitrogens with two attached hydrogens (primary N) is 1. The predicted molar refractivity (Wildman–Crippen MR) is 43.0 cm³/mol. The lowest BCUT2D eigenvalue weighted by Gasteiger charge is -1.88. The van der Waals surface area contributed by atoms with Crippen molar-refractivity contribution in [3.05, 3.63) is 5.56 Å². The molecule has 1 heterocycles. The highest BCUT2D eigenvalue weighted by atomic mass is 32.2. The normalized spacial score (nSPS) is 10.0. The Kier molecular flexibility index (Phi) is 1.97. The molecule has 2 nitrogen and oxygen atoms in total. The van der Waals surface area contributed by atoms with Gasteiger partial charge in [-0.05, 0) is 24.7 Å². The van der Waals surface area contributed by atoms with Crippen molar-refractivity contribution in [3.63, 3.8) is 0 Å². The topological polar surface area (TPSA) is 38.9 Å². The zero-order valence-corrected chi connectivity index (χ0v) is 6.97. The summed E-state index contributed by atoms with van der Waals surface area (Å²) in [4.78, 5) is 0. The van der Waals surface area contributed by atoms with E-state index in [0.29, 0.717) is 0 Å². The van der Waals surface area contributed by atoms with Gasteiger partial charge in [-0.25, -0.2) is 0 Å². The van der Waals surface area contributed by atoms with Gasteiger partial charge in [-0.3, -0.25) is 0 Å². The number of thioether (sulfide) groups is 1. The van der Waals surface area contributed by atoms with E-state index >= 15 is 0 Å². The molecule has 1 rings (SSSR count). The lowest BCUT2D eigenvalue weighted by Crippen LogP contribution is -1.81. The van der Waals surface area contributed by atoms with E-state index in [1.54, 1.807) is 11.8 Å². The fourth-order valence-electron chi connectivity index (χ4n) is 0.523. The third-order valence-corrected chi connectivity index (χ3v) is 2.79. The number of rotatable bonds is 1. The Bertz CT molecular complexity index is 207. The molecular weight excluding hydrogens is 152 g/mol. The molecule has 0 saturated carbocycles. The quantitative estimate of drug-likeness (QED) is 0.636. The van der Waals surface area contributed by atoms with Gasteiger partial charge in [-0.2, -0.15) is 4.37 Å². The van der Waals surface area contributed by atoms with Crippen molar-refractivity contribution in [2.45, 2.75) is 11.9 Å². The minimum atomic E-state index is 0.833. The van der Waals surface area contributed by atoms with Crippen LogP contribution >= 0.6 is 23.3 Å². The largest absolute Gasteiger partial charge is 0.389 e. The number of anilines is 1. The van der Waals surface area contributed by atoms with Crippen LogP contribution < -0.4 is 5.73 Å². The van der Waals surface area contributed by atoms with Gasteiger partial charge in [0.15, 0.2) is 0 Å². The van der Waals surface area contributed by atoms with Gasteiger partial charge >= 0.3 is 0 Å². The smallest absolute Gasteiger partial charge is 0.115 e. The van der Waals surface area contributed by atoms with Gasteiger partial charge in [-0.1, -0.05) is 0 Å². The first kappa shape index (κ1) is 6.89. The molecule has 0 aliphatic heterocycles. The van der Waals surface area contributed by atoms with Gasteiger partial charge in [0.05, 0.1) is 0 Å². The van der Waals surface area contributed by atoms with Crippen LogP contribution in [0, 0.1) is 6.92 Å². The molecule has 0 atom stereocenters. The molecule has 1 aromatic rings. The van der Waals surface area contributed by atoms with E-state index in [-0.39, 0.29) is 0 Å². The first-order chi connectivity index (χ1) is 4.25.